The van der Waals surface area contributed by atoms with E-state index in [-0.39, 0.29) is 4.90 Å². The first kappa shape index (κ1) is 18.6. The van der Waals surface area contributed by atoms with Gasteiger partial charge in [0, 0.05) is 5.56 Å². The lowest BCUT2D eigenvalue weighted by Crippen LogP contribution is -2.43. The monoisotopic (exact) mass is 386 g/mol. The molecule has 0 saturated heterocycles. The van der Waals surface area contributed by atoms with Gasteiger partial charge < -0.3 is 4.55 Å². The van der Waals surface area contributed by atoms with Crippen LogP contribution in [0.1, 0.15) is 22.3 Å². The molecule has 0 radical (unpaired) electrons. The SMILES string of the molecule is Cc1cc(Br)c[n+](N)c1.Cc1cc(C)c(S(=O)(=O)[O-])c(C)c1. The van der Waals surface area contributed by atoms with E-state index in [2.05, 4.69) is 15.9 Å². The van der Waals surface area contributed by atoms with E-state index in [0.717, 1.165) is 15.6 Å². The van der Waals surface area contributed by atoms with Crippen LogP contribution in [0.3, 0.4) is 0 Å². The molecule has 0 amide bonds. The zero-order valence-electron chi connectivity index (χ0n) is 12.9. The third-order valence-electron chi connectivity index (χ3n) is 2.85. The van der Waals surface area contributed by atoms with E-state index in [1.54, 1.807) is 32.2 Å². The topological polar surface area (TPSA) is 87.1 Å². The first-order valence-corrected chi connectivity index (χ1v) is 8.68. The van der Waals surface area contributed by atoms with E-state index in [4.69, 9.17) is 5.84 Å². The largest absolute Gasteiger partial charge is 0.744 e. The van der Waals surface area contributed by atoms with Gasteiger partial charge in [0.05, 0.1) is 9.37 Å². The van der Waals surface area contributed by atoms with Gasteiger partial charge in [0.1, 0.15) is 10.1 Å². The summed E-state index contributed by atoms with van der Waals surface area (Å²) in [6.07, 6.45) is 3.65. The number of hydrogen-bond acceptors (Lipinski definition) is 4. The summed E-state index contributed by atoms with van der Waals surface area (Å²) in [6, 6.07) is 5.39. The van der Waals surface area contributed by atoms with E-state index in [0.29, 0.717) is 11.1 Å². The first-order valence-electron chi connectivity index (χ1n) is 6.48. The van der Waals surface area contributed by atoms with Crippen LogP contribution in [0.2, 0.25) is 0 Å². The number of aromatic nitrogens is 1. The lowest BCUT2D eigenvalue weighted by atomic mass is 10.1. The molecule has 0 saturated carbocycles. The van der Waals surface area contributed by atoms with Crippen molar-refractivity contribution >= 4 is 26.0 Å². The summed E-state index contributed by atoms with van der Waals surface area (Å²) in [4.78, 5) is -0.0851. The van der Waals surface area contributed by atoms with Gasteiger partial charge >= 0.3 is 0 Å². The molecule has 1 aromatic carbocycles. The van der Waals surface area contributed by atoms with Crippen LogP contribution in [0.25, 0.3) is 0 Å². The van der Waals surface area contributed by atoms with Crippen molar-refractivity contribution in [1.29, 1.82) is 0 Å². The van der Waals surface area contributed by atoms with Crippen LogP contribution < -0.4 is 10.5 Å². The van der Waals surface area contributed by atoms with Gasteiger partial charge in [-0.05, 0) is 60.8 Å². The third kappa shape index (κ3) is 5.40. The van der Waals surface area contributed by atoms with Crippen molar-refractivity contribution in [3.63, 3.8) is 0 Å². The van der Waals surface area contributed by atoms with Gasteiger partial charge in [-0.25, -0.2) is 14.3 Å². The molecule has 0 atom stereocenters. The Hall–Kier alpha value is -1.44. The Labute approximate surface area is 139 Å². The van der Waals surface area contributed by atoms with Gasteiger partial charge in [-0.1, -0.05) is 22.4 Å². The van der Waals surface area contributed by atoms with E-state index in [9.17, 15) is 13.0 Å². The molecule has 5 nitrogen and oxygen atoms in total. The normalized spacial score (nSPS) is 10.8. The van der Waals surface area contributed by atoms with Crippen molar-refractivity contribution in [1.82, 2.24) is 0 Å². The minimum absolute atomic E-state index is 0.0851. The first-order chi connectivity index (χ1) is 10.0. The van der Waals surface area contributed by atoms with Gasteiger partial charge in [-0.15, -0.1) is 0 Å². The zero-order valence-corrected chi connectivity index (χ0v) is 15.3. The number of aryl methyl sites for hydroxylation is 4. The number of rotatable bonds is 1. The summed E-state index contributed by atoms with van der Waals surface area (Å²) in [5, 5.41) is 0. The molecule has 0 aliphatic heterocycles. The highest BCUT2D eigenvalue weighted by Gasteiger charge is 2.09. The van der Waals surface area contributed by atoms with Crippen LogP contribution in [0.15, 0.2) is 40.0 Å². The van der Waals surface area contributed by atoms with E-state index in [1.165, 1.54) is 4.68 Å². The molecule has 0 aliphatic rings. The molecule has 7 heteroatoms. The minimum Gasteiger partial charge on any atom is -0.744 e. The fraction of sp³-hybridized carbons (Fsp3) is 0.267. The van der Waals surface area contributed by atoms with E-state index < -0.39 is 10.1 Å². The van der Waals surface area contributed by atoms with Gasteiger partial charge in [0.15, 0.2) is 0 Å². The maximum Gasteiger partial charge on any atom is 0.213 e. The van der Waals surface area contributed by atoms with Crippen molar-refractivity contribution in [3.05, 3.63) is 57.3 Å². The quantitative estimate of drug-likeness (QED) is 0.462. The molecule has 2 N–H and O–H groups in total. The summed E-state index contributed by atoms with van der Waals surface area (Å²) >= 11 is 3.31. The number of hydrogen-bond donors (Lipinski definition) is 1. The van der Waals surface area contributed by atoms with Crippen LogP contribution in [0.4, 0.5) is 0 Å². The number of nitrogen functional groups attached to an aromatic ring is 1. The molecule has 0 spiro atoms. The van der Waals surface area contributed by atoms with Gasteiger partial charge in [-0.3, -0.25) is 0 Å². The van der Waals surface area contributed by atoms with Gasteiger partial charge in [0.25, 0.3) is 0 Å². The molecule has 120 valence electrons. The number of halogens is 1. The molecule has 22 heavy (non-hydrogen) atoms. The van der Waals surface area contributed by atoms with E-state index in [1.807, 2.05) is 26.1 Å². The Bertz CT molecular complexity index is 716. The zero-order chi connectivity index (χ0) is 17.1. The molecular weight excluding hydrogens is 368 g/mol. The molecular formula is C15H19BrN2O3S. The fourth-order valence-corrected chi connectivity index (χ4v) is 3.77. The van der Waals surface area contributed by atoms with Crippen LogP contribution in [-0.4, -0.2) is 13.0 Å². The van der Waals surface area contributed by atoms with Crippen LogP contribution in [0, 0.1) is 27.7 Å². The Morgan fingerprint density at radius 3 is 1.86 bits per heavy atom. The molecule has 2 rings (SSSR count). The standard InChI is InChI=1S/C9H12O3S.C6H8BrN2/c1-6-4-7(2)9(8(3)5-6)13(10,11)12;1-5-2-6(7)4-9(8)3-5/h4-5H,1-3H3,(H,10,11,12);2-4H,8H2,1H3/q;+1/p-1. The number of nitrogens with zero attached hydrogens (tertiary/aromatic N) is 1. The highest BCUT2D eigenvalue weighted by Crippen LogP contribution is 2.20. The number of pyridine rings is 1. The Kier molecular flexibility index (Phi) is 6.10. The molecule has 0 aliphatic carbocycles. The van der Waals surface area contributed by atoms with Crippen molar-refractivity contribution in [2.75, 3.05) is 5.84 Å². The van der Waals surface area contributed by atoms with Gasteiger partial charge in [-0.2, -0.15) is 0 Å². The lowest BCUT2D eigenvalue weighted by molar-refractivity contribution is -0.639. The van der Waals surface area contributed by atoms with Crippen LogP contribution in [-0.2, 0) is 10.1 Å². The highest BCUT2D eigenvalue weighted by atomic mass is 79.9. The molecule has 0 fully saturated rings. The summed E-state index contributed by atoms with van der Waals surface area (Å²) in [5.41, 5.74) is 3.15. The second-order valence-electron chi connectivity index (χ2n) is 5.16. The smallest absolute Gasteiger partial charge is 0.213 e. The maximum absolute atomic E-state index is 10.8. The Morgan fingerprint density at radius 1 is 1.00 bits per heavy atom. The van der Waals surface area contributed by atoms with Crippen LogP contribution >= 0.6 is 15.9 Å². The molecule has 2 aromatic rings. The molecule has 0 bridgehead atoms. The molecule has 1 heterocycles. The van der Waals surface area contributed by atoms with Crippen molar-refractivity contribution in [3.8, 4) is 0 Å². The summed E-state index contributed by atoms with van der Waals surface area (Å²) in [7, 11) is -4.33. The summed E-state index contributed by atoms with van der Waals surface area (Å²) in [6.45, 7) is 7.12. The van der Waals surface area contributed by atoms with Crippen molar-refractivity contribution in [2.45, 2.75) is 32.6 Å². The third-order valence-corrected chi connectivity index (χ3v) is 4.42. The average Bonchev–Trinajstić information content (AvgIpc) is 2.23. The van der Waals surface area contributed by atoms with Crippen molar-refractivity contribution in [2.24, 2.45) is 0 Å². The Balaban J connectivity index is 0.000000235. The Morgan fingerprint density at radius 2 is 1.50 bits per heavy atom. The second-order valence-corrected chi connectivity index (χ2v) is 7.39. The predicted molar refractivity (Wildman–Crippen MR) is 87.8 cm³/mol. The summed E-state index contributed by atoms with van der Waals surface area (Å²) < 4.78 is 35.0. The fourth-order valence-electron chi connectivity index (χ4n) is 2.27. The lowest BCUT2D eigenvalue weighted by Gasteiger charge is -2.14. The number of nitrogens with two attached hydrogens (primary N) is 1. The van der Waals surface area contributed by atoms with Gasteiger partial charge in [0.2, 0.25) is 12.4 Å². The minimum atomic E-state index is -4.33. The summed E-state index contributed by atoms with van der Waals surface area (Å²) in [5.74, 6) is 5.45. The molecule has 1 aromatic heterocycles. The van der Waals surface area contributed by atoms with Crippen molar-refractivity contribution < 1.29 is 17.6 Å². The van der Waals surface area contributed by atoms with E-state index >= 15 is 0 Å². The predicted octanol–water partition coefficient (Wildman–Crippen LogP) is 2.27. The van der Waals surface area contributed by atoms with Crippen LogP contribution in [0.5, 0.6) is 0 Å². The second kappa shape index (κ2) is 7.21. The molecule has 0 unspecified atom stereocenters. The maximum atomic E-state index is 10.8. The average molecular weight is 387 g/mol. The highest BCUT2D eigenvalue weighted by molar-refractivity contribution is 9.10. The number of benzene rings is 1.